The molecule has 1 aliphatic rings. The summed E-state index contributed by atoms with van der Waals surface area (Å²) in [4.78, 5) is 17.5. The second-order valence-electron chi connectivity index (χ2n) is 7.75. The largest absolute Gasteiger partial charge is 0.369 e. The van der Waals surface area contributed by atoms with Gasteiger partial charge in [-0.3, -0.25) is 9.69 Å². The summed E-state index contributed by atoms with van der Waals surface area (Å²) in [5.74, 6) is 0.0781. The van der Waals surface area contributed by atoms with Crippen molar-refractivity contribution in [1.29, 1.82) is 0 Å². The van der Waals surface area contributed by atoms with E-state index < -0.39 is 0 Å². The van der Waals surface area contributed by atoms with Gasteiger partial charge in [0.15, 0.2) is 0 Å². The molecule has 2 aromatic carbocycles. The van der Waals surface area contributed by atoms with Crippen molar-refractivity contribution in [3.05, 3.63) is 58.7 Å². The van der Waals surface area contributed by atoms with Crippen LogP contribution >= 0.6 is 0 Å². The lowest BCUT2D eigenvalue weighted by molar-refractivity contribution is -0.120. The van der Waals surface area contributed by atoms with Crippen LogP contribution in [0, 0.1) is 27.7 Å². The van der Waals surface area contributed by atoms with E-state index in [1.807, 2.05) is 6.92 Å². The molecule has 0 spiro atoms. The van der Waals surface area contributed by atoms with Gasteiger partial charge in [-0.1, -0.05) is 35.9 Å². The fourth-order valence-corrected chi connectivity index (χ4v) is 4.04. The van der Waals surface area contributed by atoms with E-state index in [2.05, 4.69) is 79.2 Å². The van der Waals surface area contributed by atoms with Gasteiger partial charge < -0.3 is 10.2 Å². The summed E-state index contributed by atoms with van der Waals surface area (Å²) >= 11 is 0. The lowest BCUT2D eigenvalue weighted by Gasteiger charge is -2.39. The first kappa shape index (κ1) is 19.4. The number of carbonyl (C=O) groups is 1. The van der Waals surface area contributed by atoms with E-state index in [-0.39, 0.29) is 11.9 Å². The minimum Gasteiger partial charge on any atom is -0.369 e. The van der Waals surface area contributed by atoms with Gasteiger partial charge in [0.2, 0.25) is 5.91 Å². The molecule has 1 amide bonds. The number of aryl methyl sites for hydroxylation is 4. The number of hydrogen-bond acceptors (Lipinski definition) is 3. The average molecular weight is 366 g/mol. The quantitative estimate of drug-likeness (QED) is 0.887. The van der Waals surface area contributed by atoms with Gasteiger partial charge in [0, 0.05) is 37.6 Å². The van der Waals surface area contributed by atoms with E-state index in [0.717, 1.165) is 43.0 Å². The SMILES string of the molecule is Cc1cc(C)c(NC(=O)[C@H](C)N2CCN(c3ccccc3C)CC2)c(C)c1. The third-order valence-corrected chi connectivity index (χ3v) is 5.62. The summed E-state index contributed by atoms with van der Waals surface area (Å²) in [5.41, 5.74) is 7.04. The van der Waals surface area contributed by atoms with Crippen molar-refractivity contribution in [1.82, 2.24) is 4.90 Å². The third kappa shape index (κ3) is 4.33. The predicted octanol–water partition coefficient (Wildman–Crippen LogP) is 4.07. The molecular weight excluding hydrogens is 334 g/mol. The molecular formula is C23H31N3O. The molecule has 2 aromatic rings. The lowest BCUT2D eigenvalue weighted by atomic mass is 10.0. The lowest BCUT2D eigenvalue weighted by Crippen LogP contribution is -2.53. The first-order valence-corrected chi connectivity index (χ1v) is 9.80. The topological polar surface area (TPSA) is 35.6 Å². The highest BCUT2D eigenvalue weighted by Crippen LogP contribution is 2.24. The molecule has 0 aromatic heterocycles. The number of nitrogens with zero attached hydrogens (tertiary/aromatic N) is 2. The number of para-hydroxylation sites is 1. The van der Waals surface area contributed by atoms with Crippen LogP contribution in [0.15, 0.2) is 36.4 Å². The molecule has 3 rings (SSSR count). The highest BCUT2D eigenvalue weighted by molar-refractivity contribution is 5.96. The van der Waals surface area contributed by atoms with Crippen LogP contribution in [0.1, 0.15) is 29.2 Å². The first-order valence-electron chi connectivity index (χ1n) is 9.80. The van der Waals surface area contributed by atoms with Crippen molar-refractivity contribution < 1.29 is 4.79 Å². The Kier molecular flexibility index (Phi) is 5.85. The molecule has 4 nitrogen and oxygen atoms in total. The summed E-state index contributed by atoms with van der Waals surface area (Å²) in [6.07, 6.45) is 0. The standard InChI is InChI=1S/C23H31N3O/c1-16-14-18(3)22(19(4)15-16)24-23(27)20(5)25-10-12-26(13-11-25)21-9-7-6-8-17(21)2/h6-9,14-15,20H,10-13H2,1-5H3,(H,24,27)/t20-/m0/s1. The van der Waals surface area contributed by atoms with Gasteiger partial charge in [-0.15, -0.1) is 0 Å². The van der Waals surface area contributed by atoms with E-state index >= 15 is 0 Å². The number of nitrogens with one attached hydrogen (secondary N) is 1. The molecule has 1 fully saturated rings. The predicted molar refractivity (Wildman–Crippen MR) is 114 cm³/mol. The molecule has 0 aliphatic carbocycles. The Balaban J connectivity index is 1.61. The molecule has 1 N–H and O–H groups in total. The maximum atomic E-state index is 12.8. The number of rotatable bonds is 4. The molecule has 1 aliphatic heterocycles. The van der Waals surface area contributed by atoms with Gasteiger partial charge in [-0.05, 0) is 57.4 Å². The Labute approximate surface area is 163 Å². The summed E-state index contributed by atoms with van der Waals surface area (Å²) in [6.45, 7) is 14.1. The van der Waals surface area contributed by atoms with Crippen molar-refractivity contribution >= 4 is 17.3 Å². The maximum Gasteiger partial charge on any atom is 0.241 e. The molecule has 0 saturated carbocycles. The number of anilines is 2. The van der Waals surface area contributed by atoms with Crippen LogP contribution in [0.4, 0.5) is 11.4 Å². The van der Waals surface area contributed by atoms with Crippen LogP contribution in [-0.2, 0) is 4.79 Å². The zero-order valence-electron chi connectivity index (χ0n) is 17.2. The van der Waals surface area contributed by atoms with E-state index in [4.69, 9.17) is 0 Å². The number of amides is 1. The zero-order chi connectivity index (χ0) is 19.6. The van der Waals surface area contributed by atoms with Crippen LogP contribution in [0.5, 0.6) is 0 Å². The molecule has 1 atom stereocenters. The maximum absolute atomic E-state index is 12.8. The minimum absolute atomic E-state index is 0.0781. The van der Waals surface area contributed by atoms with Gasteiger partial charge >= 0.3 is 0 Å². The summed E-state index contributed by atoms with van der Waals surface area (Å²) in [5, 5.41) is 3.16. The van der Waals surface area contributed by atoms with Gasteiger partial charge in [0.25, 0.3) is 0 Å². The van der Waals surface area contributed by atoms with Crippen LogP contribution in [0.2, 0.25) is 0 Å². The zero-order valence-corrected chi connectivity index (χ0v) is 17.2. The van der Waals surface area contributed by atoms with Crippen LogP contribution in [-0.4, -0.2) is 43.0 Å². The number of piperazine rings is 1. The van der Waals surface area contributed by atoms with E-state index in [1.165, 1.54) is 16.8 Å². The second-order valence-corrected chi connectivity index (χ2v) is 7.75. The summed E-state index contributed by atoms with van der Waals surface area (Å²) < 4.78 is 0. The van der Waals surface area contributed by atoms with Crippen molar-refractivity contribution in [2.24, 2.45) is 0 Å². The van der Waals surface area contributed by atoms with Gasteiger partial charge in [0.05, 0.1) is 6.04 Å². The molecule has 27 heavy (non-hydrogen) atoms. The van der Waals surface area contributed by atoms with Crippen LogP contribution < -0.4 is 10.2 Å². The smallest absolute Gasteiger partial charge is 0.241 e. The van der Waals surface area contributed by atoms with E-state index in [1.54, 1.807) is 0 Å². The Morgan fingerprint density at radius 2 is 1.52 bits per heavy atom. The van der Waals surface area contributed by atoms with Crippen LogP contribution in [0.3, 0.4) is 0 Å². The molecule has 0 radical (unpaired) electrons. The number of carbonyl (C=O) groups excluding carboxylic acids is 1. The highest BCUT2D eigenvalue weighted by Gasteiger charge is 2.26. The molecule has 144 valence electrons. The highest BCUT2D eigenvalue weighted by atomic mass is 16.2. The number of hydrogen-bond donors (Lipinski definition) is 1. The second kappa shape index (κ2) is 8.13. The Hall–Kier alpha value is -2.33. The molecule has 4 heteroatoms. The Morgan fingerprint density at radius 3 is 2.11 bits per heavy atom. The first-order chi connectivity index (χ1) is 12.9. The monoisotopic (exact) mass is 365 g/mol. The van der Waals surface area contributed by atoms with Crippen LogP contribution in [0.25, 0.3) is 0 Å². The van der Waals surface area contributed by atoms with Crippen molar-refractivity contribution in [3.63, 3.8) is 0 Å². The third-order valence-electron chi connectivity index (χ3n) is 5.62. The van der Waals surface area contributed by atoms with E-state index in [9.17, 15) is 4.79 Å². The Bertz CT molecular complexity index is 799. The fourth-order valence-electron chi connectivity index (χ4n) is 4.04. The minimum atomic E-state index is -0.135. The Morgan fingerprint density at radius 1 is 0.926 bits per heavy atom. The normalized spacial score (nSPS) is 16.3. The molecule has 1 heterocycles. The summed E-state index contributed by atoms with van der Waals surface area (Å²) in [6, 6.07) is 12.6. The van der Waals surface area contributed by atoms with Gasteiger partial charge in [-0.25, -0.2) is 0 Å². The average Bonchev–Trinajstić information content (AvgIpc) is 2.64. The van der Waals surface area contributed by atoms with Crippen molar-refractivity contribution in [2.45, 2.75) is 40.7 Å². The van der Waals surface area contributed by atoms with Crippen molar-refractivity contribution in [2.75, 3.05) is 36.4 Å². The van der Waals surface area contributed by atoms with Gasteiger partial charge in [-0.2, -0.15) is 0 Å². The molecule has 0 bridgehead atoms. The molecule has 0 unspecified atom stereocenters. The summed E-state index contributed by atoms with van der Waals surface area (Å²) in [7, 11) is 0. The van der Waals surface area contributed by atoms with Crippen molar-refractivity contribution in [3.8, 4) is 0 Å². The number of benzene rings is 2. The van der Waals surface area contributed by atoms with E-state index in [0.29, 0.717) is 0 Å². The van der Waals surface area contributed by atoms with Gasteiger partial charge in [0.1, 0.15) is 0 Å². The molecule has 1 saturated heterocycles. The fraction of sp³-hybridized carbons (Fsp3) is 0.435.